The summed E-state index contributed by atoms with van der Waals surface area (Å²) in [6.45, 7) is 4.39. The normalized spacial score (nSPS) is 10.7. The van der Waals surface area contributed by atoms with Gasteiger partial charge in [0.1, 0.15) is 12.1 Å². The number of carbonyl (C=O) groups is 3. The summed E-state index contributed by atoms with van der Waals surface area (Å²) in [6.07, 6.45) is -0.720. The van der Waals surface area contributed by atoms with Crippen LogP contribution in [-0.2, 0) is 14.3 Å². The Morgan fingerprint density at radius 1 is 1.23 bits per heavy atom. The number of amides is 1. The zero-order chi connectivity index (χ0) is 16.8. The summed E-state index contributed by atoms with van der Waals surface area (Å²) in [7, 11) is 0. The zero-order valence-electron chi connectivity index (χ0n) is 12.6. The van der Waals surface area contributed by atoms with Gasteiger partial charge in [0, 0.05) is 10.0 Å². The van der Waals surface area contributed by atoms with E-state index in [1.165, 1.54) is 0 Å². The topological polar surface area (TPSA) is 81.7 Å². The molecule has 0 heterocycles. The summed E-state index contributed by atoms with van der Waals surface area (Å²) in [6, 6.07) is 6.76. The fourth-order valence-electron chi connectivity index (χ4n) is 1.40. The van der Waals surface area contributed by atoms with Crippen molar-refractivity contribution in [3.05, 3.63) is 34.3 Å². The summed E-state index contributed by atoms with van der Waals surface area (Å²) >= 11 is 3.25. The summed E-state index contributed by atoms with van der Waals surface area (Å²) in [4.78, 5) is 34.6. The monoisotopic (exact) mass is 371 g/mol. The lowest BCUT2D eigenvalue weighted by molar-refractivity contribution is -0.141. The Morgan fingerprint density at radius 3 is 2.50 bits per heavy atom. The first-order chi connectivity index (χ1) is 10.2. The van der Waals surface area contributed by atoms with Crippen LogP contribution in [0.2, 0.25) is 0 Å². The van der Waals surface area contributed by atoms with Crippen LogP contribution in [0.15, 0.2) is 28.7 Å². The molecule has 0 saturated carbocycles. The number of nitrogens with one attached hydrogen (secondary N) is 1. The number of halogens is 1. The van der Waals surface area contributed by atoms with Crippen molar-refractivity contribution in [1.29, 1.82) is 0 Å². The molecular weight excluding hydrogens is 354 g/mol. The van der Waals surface area contributed by atoms with Gasteiger partial charge >= 0.3 is 12.1 Å². The second kappa shape index (κ2) is 7.93. The van der Waals surface area contributed by atoms with Crippen LogP contribution >= 0.6 is 15.9 Å². The molecule has 0 atom stereocenters. The number of esters is 1. The number of Topliss-reactive ketones (excluding diaryl/α,β-unsaturated/α-hetero) is 1. The van der Waals surface area contributed by atoms with Crippen molar-refractivity contribution < 1.29 is 23.9 Å². The lowest BCUT2D eigenvalue weighted by Gasteiger charge is -2.19. The van der Waals surface area contributed by atoms with Gasteiger partial charge < -0.3 is 14.8 Å². The lowest BCUT2D eigenvalue weighted by atomic mass is 10.1. The van der Waals surface area contributed by atoms with E-state index in [1.54, 1.807) is 45.0 Å². The Balaban J connectivity index is 2.34. The molecule has 0 spiro atoms. The van der Waals surface area contributed by atoms with Gasteiger partial charge in [0.25, 0.3) is 0 Å². The van der Waals surface area contributed by atoms with Gasteiger partial charge in [-0.1, -0.05) is 28.1 Å². The minimum atomic E-state index is -0.720. The number of alkyl carbamates (subject to hydrolysis) is 1. The van der Waals surface area contributed by atoms with Crippen molar-refractivity contribution in [2.24, 2.45) is 0 Å². The molecule has 6 nitrogen and oxygen atoms in total. The maximum atomic E-state index is 11.8. The van der Waals surface area contributed by atoms with Crippen molar-refractivity contribution in [1.82, 2.24) is 5.32 Å². The minimum absolute atomic E-state index is 0.327. The molecule has 1 rings (SSSR count). The van der Waals surface area contributed by atoms with E-state index >= 15 is 0 Å². The van der Waals surface area contributed by atoms with Crippen LogP contribution in [0.4, 0.5) is 4.79 Å². The fraction of sp³-hybridized carbons (Fsp3) is 0.400. The van der Waals surface area contributed by atoms with E-state index in [-0.39, 0.29) is 18.9 Å². The van der Waals surface area contributed by atoms with Gasteiger partial charge in [-0.05, 0) is 32.9 Å². The lowest BCUT2D eigenvalue weighted by Crippen LogP contribution is -2.36. The molecule has 0 radical (unpaired) electrons. The number of hydrogen-bond acceptors (Lipinski definition) is 5. The van der Waals surface area contributed by atoms with Gasteiger partial charge in [0.15, 0.2) is 12.4 Å². The molecular formula is C15H18BrNO5. The summed E-state index contributed by atoms with van der Waals surface area (Å²) in [5.74, 6) is -1.04. The highest BCUT2D eigenvalue weighted by atomic mass is 79.9. The van der Waals surface area contributed by atoms with Crippen LogP contribution in [0.5, 0.6) is 0 Å². The van der Waals surface area contributed by atoms with E-state index in [2.05, 4.69) is 21.2 Å². The van der Waals surface area contributed by atoms with Gasteiger partial charge in [-0.25, -0.2) is 4.79 Å². The number of ether oxygens (including phenoxy) is 2. The molecule has 1 N–H and O–H groups in total. The molecule has 0 saturated heterocycles. The second-order valence-corrected chi connectivity index (χ2v) is 6.37. The average molecular weight is 372 g/mol. The summed E-state index contributed by atoms with van der Waals surface area (Å²) in [5, 5.41) is 2.26. The minimum Gasteiger partial charge on any atom is -0.456 e. The Kier molecular flexibility index (Phi) is 6.55. The van der Waals surface area contributed by atoms with Crippen molar-refractivity contribution >= 4 is 33.8 Å². The van der Waals surface area contributed by atoms with Crippen LogP contribution < -0.4 is 5.32 Å². The molecule has 120 valence electrons. The van der Waals surface area contributed by atoms with Gasteiger partial charge in [-0.3, -0.25) is 9.59 Å². The fourth-order valence-corrected chi connectivity index (χ4v) is 1.80. The standard InChI is InChI=1S/C15H18BrNO5/c1-15(2,3)22-14(20)17-8-13(19)21-9-12(18)10-5-4-6-11(16)7-10/h4-7H,8-9H2,1-3H3,(H,17,20). The first kappa shape index (κ1) is 18.2. The van der Waals surface area contributed by atoms with E-state index < -0.39 is 17.7 Å². The largest absolute Gasteiger partial charge is 0.456 e. The molecule has 0 aliphatic rings. The van der Waals surface area contributed by atoms with Crippen LogP contribution in [0.25, 0.3) is 0 Å². The second-order valence-electron chi connectivity index (χ2n) is 5.45. The molecule has 0 bridgehead atoms. The number of benzene rings is 1. The third-order valence-corrected chi connectivity index (χ3v) is 2.78. The molecule has 1 aromatic carbocycles. The van der Waals surface area contributed by atoms with Gasteiger partial charge in [0.2, 0.25) is 0 Å². The molecule has 0 aliphatic carbocycles. The van der Waals surface area contributed by atoms with Crippen molar-refractivity contribution in [3.63, 3.8) is 0 Å². The molecule has 0 aliphatic heterocycles. The predicted molar refractivity (Wildman–Crippen MR) is 83.7 cm³/mol. The molecule has 0 unspecified atom stereocenters. The van der Waals surface area contributed by atoms with E-state index in [0.717, 1.165) is 4.47 Å². The molecule has 7 heteroatoms. The highest BCUT2D eigenvalue weighted by molar-refractivity contribution is 9.10. The Labute approximate surface area is 137 Å². The molecule has 0 aromatic heterocycles. The van der Waals surface area contributed by atoms with Crippen molar-refractivity contribution in [3.8, 4) is 0 Å². The Morgan fingerprint density at radius 2 is 1.91 bits per heavy atom. The quantitative estimate of drug-likeness (QED) is 0.635. The van der Waals surface area contributed by atoms with Crippen LogP contribution in [-0.4, -0.2) is 36.6 Å². The van der Waals surface area contributed by atoms with Crippen LogP contribution in [0.3, 0.4) is 0 Å². The van der Waals surface area contributed by atoms with Gasteiger partial charge in [-0.15, -0.1) is 0 Å². The molecule has 22 heavy (non-hydrogen) atoms. The van der Waals surface area contributed by atoms with Crippen molar-refractivity contribution in [2.75, 3.05) is 13.2 Å². The van der Waals surface area contributed by atoms with E-state index in [4.69, 9.17) is 9.47 Å². The third kappa shape index (κ3) is 7.21. The number of carbonyl (C=O) groups excluding carboxylic acids is 3. The highest BCUT2D eigenvalue weighted by Gasteiger charge is 2.17. The maximum absolute atomic E-state index is 11.8. The maximum Gasteiger partial charge on any atom is 0.408 e. The summed E-state index contributed by atoms with van der Waals surface area (Å²) in [5.41, 5.74) is -0.216. The first-order valence-corrected chi connectivity index (χ1v) is 7.38. The smallest absolute Gasteiger partial charge is 0.408 e. The number of rotatable bonds is 5. The highest BCUT2D eigenvalue weighted by Crippen LogP contribution is 2.12. The number of ketones is 1. The van der Waals surface area contributed by atoms with Crippen LogP contribution in [0.1, 0.15) is 31.1 Å². The van der Waals surface area contributed by atoms with E-state index in [1.807, 2.05) is 0 Å². The molecule has 1 aromatic rings. The SMILES string of the molecule is CC(C)(C)OC(=O)NCC(=O)OCC(=O)c1cccc(Br)c1. The Bertz CT molecular complexity index is 565. The van der Waals surface area contributed by atoms with Gasteiger partial charge in [0.05, 0.1) is 0 Å². The van der Waals surface area contributed by atoms with Gasteiger partial charge in [-0.2, -0.15) is 0 Å². The molecule has 0 fully saturated rings. The Hall–Kier alpha value is -1.89. The predicted octanol–water partition coefficient (Wildman–Crippen LogP) is 2.70. The zero-order valence-corrected chi connectivity index (χ0v) is 14.2. The molecule has 1 amide bonds. The van der Waals surface area contributed by atoms with E-state index in [0.29, 0.717) is 5.56 Å². The third-order valence-electron chi connectivity index (χ3n) is 2.29. The van der Waals surface area contributed by atoms with Crippen LogP contribution in [0, 0.1) is 0 Å². The average Bonchev–Trinajstić information content (AvgIpc) is 2.40. The van der Waals surface area contributed by atoms with E-state index in [9.17, 15) is 14.4 Å². The first-order valence-electron chi connectivity index (χ1n) is 6.58. The number of hydrogen-bond donors (Lipinski definition) is 1. The summed E-state index contributed by atoms with van der Waals surface area (Å²) < 4.78 is 10.5. The van der Waals surface area contributed by atoms with Crippen molar-refractivity contribution in [2.45, 2.75) is 26.4 Å².